The fourth-order valence-electron chi connectivity index (χ4n) is 2.82. The van der Waals surface area contributed by atoms with Crippen LogP contribution in [0.5, 0.6) is 0 Å². The number of fused-ring (bicyclic) bond motifs is 1. The third kappa shape index (κ3) is 3.57. The van der Waals surface area contributed by atoms with E-state index in [9.17, 15) is 18.0 Å². The smallest absolute Gasteiger partial charge is 0.325 e. The quantitative estimate of drug-likeness (QED) is 0.815. The number of carbonyl (C=O) groups is 1. The normalized spacial score (nSPS) is 17.5. The number of hydrogen-bond acceptors (Lipinski definition) is 3. The highest BCUT2D eigenvalue weighted by Crippen LogP contribution is 2.37. The highest BCUT2D eigenvalue weighted by molar-refractivity contribution is 7.11. The summed E-state index contributed by atoms with van der Waals surface area (Å²) < 4.78 is 39.3. The van der Waals surface area contributed by atoms with Gasteiger partial charge in [0.1, 0.15) is 0 Å². The monoisotopic (exact) mass is 374 g/mol. The van der Waals surface area contributed by atoms with Crippen LogP contribution < -0.4 is 5.32 Å². The summed E-state index contributed by atoms with van der Waals surface area (Å²) in [5.41, 5.74) is -0.194. The van der Waals surface area contributed by atoms with E-state index in [0.29, 0.717) is 19.3 Å². The van der Waals surface area contributed by atoms with Gasteiger partial charge < -0.3 is 5.32 Å². The molecular formula is C16H14ClF3N2OS. The van der Waals surface area contributed by atoms with E-state index in [0.717, 1.165) is 21.6 Å². The molecule has 1 aliphatic carbocycles. The van der Waals surface area contributed by atoms with Gasteiger partial charge in [0.05, 0.1) is 22.0 Å². The molecule has 0 saturated carbocycles. The number of carbonyl (C=O) groups excluding carboxylic acids is 1. The highest BCUT2D eigenvalue weighted by atomic mass is 35.5. The molecule has 0 saturated heterocycles. The molecule has 0 aliphatic heterocycles. The average Bonchev–Trinajstić information content (AvgIpc) is 2.87. The number of benzene rings is 1. The van der Waals surface area contributed by atoms with Crippen molar-refractivity contribution in [3.05, 3.63) is 44.4 Å². The highest BCUT2D eigenvalue weighted by Gasteiger charge is 2.35. The molecule has 3 rings (SSSR count). The molecule has 1 unspecified atom stereocenters. The maximum atomic E-state index is 13.1. The lowest BCUT2D eigenvalue weighted by Crippen LogP contribution is -2.28. The third-order valence-electron chi connectivity index (χ3n) is 3.96. The summed E-state index contributed by atoms with van der Waals surface area (Å²) in [7, 11) is 0. The van der Waals surface area contributed by atoms with Crippen molar-refractivity contribution in [3.63, 3.8) is 0 Å². The Bertz CT molecular complexity index is 788. The van der Waals surface area contributed by atoms with Crippen LogP contribution in [0.1, 0.15) is 27.6 Å². The molecule has 1 amide bonds. The molecule has 0 fully saturated rings. The van der Waals surface area contributed by atoms with Crippen molar-refractivity contribution >= 4 is 34.5 Å². The van der Waals surface area contributed by atoms with Crippen molar-refractivity contribution in [1.29, 1.82) is 0 Å². The van der Waals surface area contributed by atoms with Crippen LogP contribution in [0.2, 0.25) is 5.02 Å². The Balaban J connectivity index is 1.79. The van der Waals surface area contributed by atoms with E-state index in [4.69, 9.17) is 11.6 Å². The lowest BCUT2D eigenvalue weighted by Gasteiger charge is -2.22. The summed E-state index contributed by atoms with van der Waals surface area (Å²) in [6.07, 6.45) is -2.81. The molecule has 2 aromatic rings. The molecule has 8 heteroatoms. The van der Waals surface area contributed by atoms with Crippen LogP contribution in [-0.4, -0.2) is 10.9 Å². The summed E-state index contributed by atoms with van der Waals surface area (Å²) in [6.45, 7) is 1.90. The zero-order chi connectivity index (χ0) is 17.5. The van der Waals surface area contributed by atoms with Gasteiger partial charge in [0.2, 0.25) is 5.91 Å². The zero-order valence-corrected chi connectivity index (χ0v) is 14.3. The van der Waals surface area contributed by atoms with E-state index in [-0.39, 0.29) is 16.6 Å². The van der Waals surface area contributed by atoms with Crippen molar-refractivity contribution in [2.75, 3.05) is 5.32 Å². The van der Waals surface area contributed by atoms with E-state index < -0.39 is 17.6 Å². The number of nitrogens with one attached hydrogen (secondary N) is 1. The summed E-state index contributed by atoms with van der Waals surface area (Å²) in [5, 5.41) is 3.34. The van der Waals surface area contributed by atoms with Gasteiger partial charge in [-0.15, -0.1) is 11.3 Å². The molecular weight excluding hydrogens is 361 g/mol. The van der Waals surface area contributed by atoms with Gasteiger partial charge in [-0.3, -0.25) is 4.79 Å². The fourth-order valence-corrected chi connectivity index (χ4v) is 4.06. The average molecular weight is 375 g/mol. The minimum atomic E-state index is -4.58. The Morgan fingerprint density at radius 3 is 2.88 bits per heavy atom. The number of anilines is 1. The maximum absolute atomic E-state index is 13.1. The van der Waals surface area contributed by atoms with Gasteiger partial charge in [-0.25, -0.2) is 4.98 Å². The van der Waals surface area contributed by atoms with Gasteiger partial charge >= 0.3 is 6.18 Å². The van der Waals surface area contributed by atoms with Gasteiger partial charge in [0, 0.05) is 15.8 Å². The molecule has 1 aliphatic rings. The number of hydrogen-bond donors (Lipinski definition) is 1. The van der Waals surface area contributed by atoms with Gasteiger partial charge in [-0.1, -0.05) is 11.6 Å². The number of alkyl halides is 3. The van der Waals surface area contributed by atoms with E-state index >= 15 is 0 Å². The Kier molecular flexibility index (Phi) is 4.57. The molecule has 1 N–H and O–H groups in total. The van der Waals surface area contributed by atoms with Gasteiger partial charge in [-0.2, -0.15) is 13.2 Å². The Morgan fingerprint density at radius 1 is 1.42 bits per heavy atom. The van der Waals surface area contributed by atoms with E-state index in [1.54, 1.807) is 0 Å². The summed E-state index contributed by atoms with van der Waals surface area (Å²) in [4.78, 5) is 17.9. The van der Waals surface area contributed by atoms with Crippen LogP contribution in [0.15, 0.2) is 18.2 Å². The van der Waals surface area contributed by atoms with E-state index in [1.165, 1.54) is 23.5 Å². The topological polar surface area (TPSA) is 42.0 Å². The number of aryl methyl sites for hydroxylation is 2. The lowest BCUT2D eigenvalue weighted by atomic mass is 9.90. The molecule has 1 atom stereocenters. The number of amides is 1. The molecule has 0 bridgehead atoms. The predicted octanol–water partition coefficient (Wildman–Crippen LogP) is 4.87. The number of thiazole rings is 1. The Labute approximate surface area is 145 Å². The lowest BCUT2D eigenvalue weighted by molar-refractivity contribution is -0.137. The zero-order valence-electron chi connectivity index (χ0n) is 12.7. The second-order valence-electron chi connectivity index (χ2n) is 5.72. The first kappa shape index (κ1) is 17.2. The van der Waals surface area contributed by atoms with Crippen molar-refractivity contribution in [1.82, 2.24) is 4.98 Å². The van der Waals surface area contributed by atoms with Gasteiger partial charge in [0.25, 0.3) is 0 Å². The summed E-state index contributed by atoms with van der Waals surface area (Å²) >= 11 is 7.19. The van der Waals surface area contributed by atoms with Gasteiger partial charge in [-0.05, 0) is 44.4 Å². The van der Waals surface area contributed by atoms with E-state index in [1.807, 2.05) is 6.92 Å². The maximum Gasteiger partial charge on any atom is 0.418 e. The van der Waals surface area contributed by atoms with Crippen molar-refractivity contribution in [2.45, 2.75) is 32.4 Å². The van der Waals surface area contributed by atoms with Crippen LogP contribution in [0, 0.1) is 12.8 Å². The first-order chi connectivity index (χ1) is 11.2. The Hall–Kier alpha value is -1.60. The van der Waals surface area contributed by atoms with Gasteiger partial charge in [0.15, 0.2) is 0 Å². The molecule has 0 spiro atoms. The Morgan fingerprint density at radius 2 is 2.17 bits per heavy atom. The summed E-state index contributed by atoms with van der Waals surface area (Å²) in [5.74, 6) is -0.756. The standard InChI is InChI=1S/C16H14ClF3N2OS/c1-8-21-13-4-2-9(6-14(13)24-8)15(23)22-12-5-3-10(17)7-11(12)16(18,19)20/h3,5,7,9H,2,4,6H2,1H3,(H,22,23). The van der Waals surface area contributed by atoms with Crippen LogP contribution in [-0.2, 0) is 23.8 Å². The van der Waals surface area contributed by atoms with Crippen LogP contribution in [0.3, 0.4) is 0 Å². The molecule has 3 nitrogen and oxygen atoms in total. The molecule has 128 valence electrons. The fraction of sp³-hybridized carbons (Fsp3) is 0.375. The van der Waals surface area contributed by atoms with Crippen molar-refractivity contribution in [2.24, 2.45) is 5.92 Å². The second kappa shape index (κ2) is 6.37. The van der Waals surface area contributed by atoms with Crippen LogP contribution >= 0.6 is 22.9 Å². The second-order valence-corrected chi connectivity index (χ2v) is 7.44. The molecule has 1 heterocycles. The number of nitrogens with zero attached hydrogens (tertiary/aromatic N) is 1. The van der Waals surface area contributed by atoms with Crippen LogP contribution in [0.25, 0.3) is 0 Å². The SMILES string of the molecule is Cc1nc2c(s1)CC(C(=O)Nc1ccc(Cl)cc1C(F)(F)F)CC2. The molecule has 0 radical (unpaired) electrons. The summed E-state index contributed by atoms with van der Waals surface area (Å²) in [6, 6.07) is 3.34. The molecule has 24 heavy (non-hydrogen) atoms. The largest absolute Gasteiger partial charge is 0.418 e. The predicted molar refractivity (Wildman–Crippen MR) is 87.4 cm³/mol. The first-order valence-electron chi connectivity index (χ1n) is 7.37. The third-order valence-corrected chi connectivity index (χ3v) is 5.23. The minimum absolute atomic E-state index is 0.0252. The van der Waals surface area contributed by atoms with E-state index in [2.05, 4.69) is 10.3 Å². The first-order valence-corrected chi connectivity index (χ1v) is 8.56. The molecule has 1 aromatic carbocycles. The number of aromatic nitrogens is 1. The van der Waals surface area contributed by atoms with Crippen molar-refractivity contribution in [3.8, 4) is 0 Å². The van der Waals surface area contributed by atoms with Crippen molar-refractivity contribution < 1.29 is 18.0 Å². The number of halogens is 4. The molecule has 1 aromatic heterocycles. The number of rotatable bonds is 2. The van der Waals surface area contributed by atoms with Crippen LogP contribution in [0.4, 0.5) is 18.9 Å². The minimum Gasteiger partial charge on any atom is -0.325 e.